The van der Waals surface area contributed by atoms with Crippen molar-refractivity contribution in [3.63, 3.8) is 0 Å². The summed E-state index contributed by atoms with van der Waals surface area (Å²) in [6, 6.07) is 7.65. The molecule has 2 amide bonds. The quantitative estimate of drug-likeness (QED) is 0.555. The molecule has 1 aliphatic heterocycles. The molecule has 0 bridgehead atoms. The third-order valence-electron chi connectivity index (χ3n) is 6.06. The lowest BCUT2D eigenvalue weighted by Gasteiger charge is -2.16. The van der Waals surface area contributed by atoms with Gasteiger partial charge in [-0.05, 0) is 36.5 Å². The van der Waals surface area contributed by atoms with Gasteiger partial charge in [-0.3, -0.25) is 14.4 Å². The SMILES string of the molecule is CCCCCCCCNC(=O)C1CC1c1ccc(N2CC(C(=O)O)CC2=O)cc1. The van der Waals surface area contributed by atoms with Crippen LogP contribution in [-0.4, -0.2) is 36.0 Å². The van der Waals surface area contributed by atoms with E-state index in [1.165, 1.54) is 32.1 Å². The van der Waals surface area contributed by atoms with Crippen LogP contribution in [0.3, 0.4) is 0 Å². The van der Waals surface area contributed by atoms with Crippen molar-refractivity contribution in [2.45, 2.75) is 64.2 Å². The summed E-state index contributed by atoms with van der Waals surface area (Å²) in [5.41, 5.74) is 1.84. The van der Waals surface area contributed by atoms with Gasteiger partial charge in [0, 0.05) is 31.1 Å². The van der Waals surface area contributed by atoms with Crippen molar-refractivity contribution in [1.82, 2.24) is 5.32 Å². The molecule has 29 heavy (non-hydrogen) atoms. The maximum Gasteiger partial charge on any atom is 0.308 e. The van der Waals surface area contributed by atoms with E-state index in [-0.39, 0.29) is 36.6 Å². The molecule has 1 aromatic rings. The Hall–Kier alpha value is -2.37. The number of carboxylic acids is 1. The number of aliphatic carboxylic acids is 1. The number of hydrogen-bond donors (Lipinski definition) is 2. The number of carbonyl (C=O) groups is 3. The molecule has 2 N–H and O–H groups in total. The van der Waals surface area contributed by atoms with E-state index in [2.05, 4.69) is 12.2 Å². The summed E-state index contributed by atoms with van der Waals surface area (Å²) in [5.74, 6) is -1.27. The van der Waals surface area contributed by atoms with Crippen LogP contribution in [0.25, 0.3) is 0 Å². The second-order valence-electron chi connectivity index (χ2n) is 8.34. The number of carbonyl (C=O) groups excluding carboxylic acids is 2. The van der Waals surface area contributed by atoms with Crippen LogP contribution >= 0.6 is 0 Å². The lowest BCUT2D eigenvalue weighted by atomic mass is 10.1. The van der Waals surface area contributed by atoms with Crippen LogP contribution in [0, 0.1) is 11.8 Å². The van der Waals surface area contributed by atoms with Crippen molar-refractivity contribution in [2.24, 2.45) is 11.8 Å². The van der Waals surface area contributed by atoms with Crippen LogP contribution in [-0.2, 0) is 14.4 Å². The van der Waals surface area contributed by atoms with E-state index in [0.29, 0.717) is 0 Å². The van der Waals surface area contributed by atoms with Crippen LogP contribution < -0.4 is 10.2 Å². The molecule has 1 aromatic carbocycles. The molecule has 1 saturated heterocycles. The largest absolute Gasteiger partial charge is 0.481 e. The van der Waals surface area contributed by atoms with E-state index >= 15 is 0 Å². The van der Waals surface area contributed by atoms with E-state index in [0.717, 1.165) is 30.6 Å². The third-order valence-corrected chi connectivity index (χ3v) is 6.06. The molecule has 0 spiro atoms. The molecule has 6 heteroatoms. The zero-order valence-corrected chi connectivity index (χ0v) is 17.2. The molecule has 2 fully saturated rings. The highest BCUT2D eigenvalue weighted by Crippen LogP contribution is 2.47. The van der Waals surface area contributed by atoms with Crippen molar-refractivity contribution in [3.05, 3.63) is 29.8 Å². The molecule has 3 unspecified atom stereocenters. The second-order valence-corrected chi connectivity index (χ2v) is 8.34. The Morgan fingerprint density at radius 2 is 1.79 bits per heavy atom. The van der Waals surface area contributed by atoms with Crippen LogP contribution in [0.1, 0.15) is 69.8 Å². The minimum Gasteiger partial charge on any atom is -0.481 e. The number of rotatable bonds is 11. The molecular formula is C23H32N2O4. The van der Waals surface area contributed by atoms with E-state index in [1.807, 2.05) is 24.3 Å². The van der Waals surface area contributed by atoms with Gasteiger partial charge in [0.2, 0.25) is 11.8 Å². The molecule has 0 radical (unpaired) electrons. The first-order valence-electron chi connectivity index (χ1n) is 10.9. The zero-order valence-electron chi connectivity index (χ0n) is 17.2. The number of carboxylic acid groups (broad SMARTS) is 1. The molecule has 3 rings (SSSR count). The summed E-state index contributed by atoms with van der Waals surface area (Å²) in [6.45, 7) is 3.19. The van der Waals surface area contributed by atoms with Crippen LogP contribution in [0.2, 0.25) is 0 Å². The lowest BCUT2D eigenvalue weighted by molar-refractivity contribution is -0.141. The standard InChI is InChI=1S/C23H32N2O4/c1-2-3-4-5-6-7-12-24-22(27)20-14-19(20)16-8-10-18(11-9-16)25-15-17(23(28)29)13-21(25)26/h8-11,17,19-20H,2-7,12-15H2,1H3,(H,24,27)(H,28,29). The lowest BCUT2D eigenvalue weighted by Crippen LogP contribution is -2.26. The first-order valence-corrected chi connectivity index (χ1v) is 10.9. The van der Waals surface area contributed by atoms with E-state index < -0.39 is 11.9 Å². The topological polar surface area (TPSA) is 86.7 Å². The zero-order chi connectivity index (χ0) is 20.8. The smallest absolute Gasteiger partial charge is 0.308 e. The molecule has 0 aromatic heterocycles. The van der Waals surface area contributed by atoms with Crippen molar-refractivity contribution in [3.8, 4) is 0 Å². The number of anilines is 1. The van der Waals surface area contributed by atoms with Crippen molar-refractivity contribution < 1.29 is 19.5 Å². The summed E-state index contributed by atoms with van der Waals surface area (Å²) in [7, 11) is 0. The number of nitrogens with zero attached hydrogens (tertiary/aromatic N) is 1. The van der Waals surface area contributed by atoms with E-state index in [9.17, 15) is 14.4 Å². The van der Waals surface area contributed by atoms with Gasteiger partial charge < -0.3 is 15.3 Å². The molecule has 3 atom stereocenters. The van der Waals surface area contributed by atoms with Crippen molar-refractivity contribution >= 4 is 23.5 Å². The first kappa shape index (κ1) is 21.3. The number of hydrogen-bond acceptors (Lipinski definition) is 3. The van der Waals surface area contributed by atoms with Gasteiger partial charge >= 0.3 is 5.97 Å². The fraction of sp³-hybridized carbons (Fsp3) is 0.609. The Bertz CT molecular complexity index is 731. The van der Waals surface area contributed by atoms with Crippen LogP contribution in [0.4, 0.5) is 5.69 Å². The minimum absolute atomic E-state index is 0.0470. The van der Waals surface area contributed by atoms with E-state index in [1.54, 1.807) is 4.90 Å². The highest BCUT2D eigenvalue weighted by Gasteiger charge is 2.43. The maximum atomic E-state index is 12.3. The molecule has 158 valence electrons. The Morgan fingerprint density at radius 3 is 2.45 bits per heavy atom. The van der Waals surface area contributed by atoms with Gasteiger partial charge in [0.25, 0.3) is 0 Å². The molecular weight excluding hydrogens is 368 g/mol. The first-order chi connectivity index (χ1) is 14.0. The normalized spacial score (nSPS) is 23.3. The molecule has 1 aliphatic carbocycles. The predicted octanol–water partition coefficient (Wildman–Crippen LogP) is 3.70. The van der Waals surface area contributed by atoms with Crippen LogP contribution in [0.15, 0.2) is 24.3 Å². The third kappa shape index (κ3) is 5.58. The summed E-state index contributed by atoms with van der Waals surface area (Å²) in [5, 5.41) is 12.2. The number of benzene rings is 1. The number of unbranched alkanes of at least 4 members (excludes halogenated alkanes) is 5. The van der Waals surface area contributed by atoms with Crippen molar-refractivity contribution in [2.75, 3.05) is 18.0 Å². The summed E-state index contributed by atoms with van der Waals surface area (Å²) in [4.78, 5) is 37.0. The fourth-order valence-corrected chi connectivity index (χ4v) is 4.13. The molecule has 2 aliphatic rings. The summed E-state index contributed by atoms with van der Waals surface area (Å²) >= 11 is 0. The predicted molar refractivity (Wildman–Crippen MR) is 112 cm³/mol. The van der Waals surface area contributed by atoms with Gasteiger partial charge in [0.05, 0.1) is 5.92 Å². The monoisotopic (exact) mass is 400 g/mol. The fourth-order valence-electron chi connectivity index (χ4n) is 4.13. The molecule has 1 heterocycles. The van der Waals surface area contributed by atoms with Crippen molar-refractivity contribution in [1.29, 1.82) is 0 Å². The van der Waals surface area contributed by atoms with Gasteiger partial charge in [0.15, 0.2) is 0 Å². The highest BCUT2D eigenvalue weighted by molar-refractivity contribution is 5.99. The Labute approximate surface area is 172 Å². The molecule has 1 saturated carbocycles. The molecule has 6 nitrogen and oxygen atoms in total. The van der Waals surface area contributed by atoms with Gasteiger partial charge in [0.1, 0.15) is 0 Å². The minimum atomic E-state index is -0.926. The Kier molecular flexibility index (Phi) is 7.29. The van der Waals surface area contributed by atoms with Crippen LogP contribution in [0.5, 0.6) is 0 Å². The summed E-state index contributed by atoms with van der Waals surface area (Å²) < 4.78 is 0. The average Bonchev–Trinajstić information content (AvgIpc) is 3.42. The average molecular weight is 401 g/mol. The van der Waals surface area contributed by atoms with Gasteiger partial charge in [-0.1, -0.05) is 51.2 Å². The van der Waals surface area contributed by atoms with Gasteiger partial charge in [-0.2, -0.15) is 0 Å². The van der Waals surface area contributed by atoms with Gasteiger partial charge in [-0.25, -0.2) is 0 Å². The Morgan fingerprint density at radius 1 is 1.10 bits per heavy atom. The number of nitrogens with one attached hydrogen (secondary N) is 1. The number of amides is 2. The highest BCUT2D eigenvalue weighted by atomic mass is 16.4. The second kappa shape index (κ2) is 9.90. The van der Waals surface area contributed by atoms with E-state index in [4.69, 9.17) is 5.11 Å². The van der Waals surface area contributed by atoms with Gasteiger partial charge in [-0.15, -0.1) is 0 Å². The summed E-state index contributed by atoms with van der Waals surface area (Å²) in [6.07, 6.45) is 8.21. The Balaban J connectivity index is 1.42. The maximum absolute atomic E-state index is 12.3.